The minimum atomic E-state index is -0.919. The van der Waals surface area contributed by atoms with E-state index in [9.17, 15) is 4.79 Å². The van der Waals surface area contributed by atoms with Gasteiger partial charge >= 0.3 is 5.97 Å². The normalized spacial score (nSPS) is 12.6. The van der Waals surface area contributed by atoms with Gasteiger partial charge in [-0.1, -0.05) is 13.3 Å². The van der Waals surface area contributed by atoms with E-state index < -0.39 is 12.0 Å². The molecule has 2 aromatic rings. The molecule has 0 saturated carbocycles. The van der Waals surface area contributed by atoms with Crippen molar-refractivity contribution in [2.75, 3.05) is 5.32 Å². The number of aliphatic carboxylic acids is 1. The van der Waals surface area contributed by atoms with E-state index in [2.05, 4.69) is 27.3 Å². The summed E-state index contributed by atoms with van der Waals surface area (Å²) in [4.78, 5) is 19.2. The van der Waals surface area contributed by atoms with E-state index >= 15 is 0 Å². The van der Waals surface area contributed by atoms with Crippen LogP contribution in [0.1, 0.15) is 26.0 Å². The van der Waals surface area contributed by atoms with E-state index in [4.69, 9.17) is 5.11 Å². The number of rotatable bonds is 5. The van der Waals surface area contributed by atoms with Gasteiger partial charge in [0.25, 0.3) is 5.78 Å². The zero-order valence-electron chi connectivity index (χ0n) is 10.3. The number of hydrogen-bond donors (Lipinski definition) is 2. The second-order valence-electron chi connectivity index (χ2n) is 4.06. The topological polar surface area (TPSA) is 92.4 Å². The van der Waals surface area contributed by atoms with Crippen molar-refractivity contribution in [3.8, 4) is 0 Å². The summed E-state index contributed by atoms with van der Waals surface area (Å²) in [6.45, 7) is 3.63. The second-order valence-corrected chi connectivity index (χ2v) is 4.06. The van der Waals surface area contributed by atoms with Crippen molar-refractivity contribution in [2.45, 2.75) is 32.7 Å². The molecule has 7 heteroatoms. The van der Waals surface area contributed by atoms with Gasteiger partial charge < -0.3 is 10.4 Å². The summed E-state index contributed by atoms with van der Waals surface area (Å²) < 4.78 is 1.50. The van der Waals surface area contributed by atoms with Gasteiger partial charge in [-0.2, -0.15) is 14.6 Å². The molecule has 0 fully saturated rings. The number of nitrogens with one attached hydrogen (secondary N) is 1. The van der Waals surface area contributed by atoms with Gasteiger partial charge in [0.2, 0.25) is 0 Å². The molecule has 0 aliphatic heterocycles. The lowest BCUT2D eigenvalue weighted by molar-refractivity contribution is -0.137. The first kappa shape index (κ1) is 12.3. The molecule has 0 radical (unpaired) electrons. The van der Waals surface area contributed by atoms with Crippen LogP contribution in [0.3, 0.4) is 0 Å². The third-order valence-electron chi connectivity index (χ3n) is 2.55. The van der Waals surface area contributed by atoms with E-state index in [1.165, 1.54) is 10.8 Å². The van der Waals surface area contributed by atoms with Crippen molar-refractivity contribution in [2.24, 2.45) is 0 Å². The third-order valence-corrected chi connectivity index (χ3v) is 2.55. The van der Waals surface area contributed by atoms with Crippen LogP contribution in [0, 0.1) is 0 Å². The highest BCUT2D eigenvalue weighted by Crippen LogP contribution is 2.13. The van der Waals surface area contributed by atoms with Gasteiger partial charge in [-0.3, -0.25) is 4.79 Å². The fourth-order valence-corrected chi connectivity index (χ4v) is 1.63. The Morgan fingerprint density at radius 2 is 2.39 bits per heavy atom. The third kappa shape index (κ3) is 2.39. The quantitative estimate of drug-likeness (QED) is 0.820. The van der Waals surface area contributed by atoms with Crippen LogP contribution in [0.4, 0.5) is 5.82 Å². The van der Waals surface area contributed by atoms with Gasteiger partial charge in [0.1, 0.15) is 18.2 Å². The maximum atomic E-state index is 10.9. The van der Waals surface area contributed by atoms with Crippen LogP contribution in [0.15, 0.2) is 12.4 Å². The number of aromatic nitrogens is 4. The number of aryl methyl sites for hydroxylation is 1. The molecule has 0 amide bonds. The number of fused-ring (bicyclic) bond motifs is 1. The standard InChI is InChI=1S/C11H15N5O2/c1-3-4-8-5-9(14-7(2)10(17)18)16-11(15-8)12-6-13-16/h5-7,14H,3-4H2,1-2H3,(H,17,18). The Labute approximate surface area is 104 Å². The molecule has 1 unspecified atom stereocenters. The van der Waals surface area contributed by atoms with Crippen LogP contribution in [0.5, 0.6) is 0 Å². The van der Waals surface area contributed by atoms with Crippen LogP contribution in [-0.4, -0.2) is 36.7 Å². The summed E-state index contributed by atoms with van der Waals surface area (Å²) in [6, 6.07) is 1.11. The molecule has 2 aromatic heterocycles. The lowest BCUT2D eigenvalue weighted by atomic mass is 10.2. The SMILES string of the molecule is CCCc1cc(NC(C)C(=O)O)n2ncnc2n1. The van der Waals surface area contributed by atoms with Crippen LogP contribution in [-0.2, 0) is 11.2 Å². The van der Waals surface area contributed by atoms with Crippen molar-refractivity contribution in [3.05, 3.63) is 18.1 Å². The summed E-state index contributed by atoms with van der Waals surface area (Å²) in [5, 5.41) is 15.8. The highest BCUT2D eigenvalue weighted by Gasteiger charge is 2.14. The zero-order chi connectivity index (χ0) is 13.1. The van der Waals surface area contributed by atoms with E-state index in [1.54, 1.807) is 6.92 Å². The van der Waals surface area contributed by atoms with Crippen molar-refractivity contribution in [1.82, 2.24) is 19.6 Å². The molecule has 0 aromatic carbocycles. The summed E-state index contributed by atoms with van der Waals surface area (Å²) in [5.41, 5.74) is 0.873. The van der Waals surface area contributed by atoms with Crippen molar-refractivity contribution in [1.29, 1.82) is 0 Å². The first-order valence-electron chi connectivity index (χ1n) is 5.80. The predicted octanol–water partition coefficient (Wildman–Crippen LogP) is 0.962. The molecule has 1 atom stereocenters. The number of hydrogen-bond acceptors (Lipinski definition) is 5. The van der Waals surface area contributed by atoms with Crippen molar-refractivity contribution in [3.63, 3.8) is 0 Å². The molecule has 0 aliphatic rings. The molecule has 2 N–H and O–H groups in total. The lowest BCUT2D eigenvalue weighted by Gasteiger charge is -2.12. The molecule has 0 bridgehead atoms. The van der Waals surface area contributed by atoms with Gasteiger partial charge in [-0.15, -0.1) is 0 Å². The van der Waals surface area contributed by atoms with Crippen LogP contribution in [0.2, 0.25) is 0 Å². The Kier molecular flexibility index (Phi) is 3.40. The van der Waals surface area contributed by atoms with Gasteiger partial charge in [0.15, 0.2) is 0 Å². The number of nitrogens with zero attached hydrogens (tertiary/aromatic N) is 4. The molecule has 96 valence electrons. The van der Waals surface area contributed by atoms with Gasteiger partial charge in [-0.05, 0) is 13.3 Å². The van der Waals surface area contributed by atoms with Crippen LogP contribution in [0.25, 0.3) is 5.78 Å². The van der Waals surface area contributed by atoms with Crippen molar-refractivity contribution >= 4 is 17.6 Å². The highest BCUT2D eigenvalue weighted by molar-refractivity contribution is 5.76. The molecule has 2 rings (SSSR count). The van der Waals surface area contributed by atoms with E-state index in [0.717, 1.165) is 18.5 Å². The second kappa shape index (κ2) is 4.99. The lowest BCUT2D eigenvalue weighted by Crippen LogP contribution is -2.26. The Morgan fingerprint density at radius 3 is 3.06 bits per heavy atom. The molecule has 0 saturated heterocycles. The average Bonchev–Trinajstić information content (AvgIpc) is 2.77. The summed E-state index contributed by atoms with van der Waals surface area (Å²) in [6.07, 6.45) is 3.18. The summed E-state index contributed by atoms with van der Waals surface area (Å²) in [5.74, 6) is 0.147. The molecule has 2 heterocycles. The predicted molar refractivity (Wildman–Crippen MR) is 65.5 cm³/mol. The number of anilines is 1. The first-order chi connectivity index (χ1) is 8.61. The first-order valence-corrected chi connectivity index (χ1v) is 5.80. The van der Waals surface area contributed by atoms with Crippen molar-refractivity contribution < 1.29 is 9.90 Å². The molecule has 0 spiro atoms. The maximum Gasteiger partial charge on any atom is 0.325 e. The highest BCUT2D eigenvalue weighted by atomic mass is 16.4. The van der Waals surface area contributed by atoms with Crippen LogP contribution >= 0.6 is 0 Å². The van der Waals surface area contributed by atoms with E-state index in [-0.39, 0.29) is 0 Å². The number of carboxylic acids is 1. The largest absolute Gasteiger partial charge is 0.480 e. The van der Waals surface area contributed by atoms with E-state index in [1.807, 2.05) is 6.07 Å². The fourth-order valence-electron chi connectivity index (χ4n) is 1.63. The maximum absolute atomic E-state index is 10.9. The molecular weight excluding hydrogens is 234 g/mol. The summed E-state index contributed by atoms with van der Waals surface area (Å²) >= 11 is 0. The molecule has 0 aliphatic carbocycles. The van der Waals surface area contributed by atoms with Crippen LogP contribution < -0.4 is 5.32 Å². The van der Waals surface area contributed by atoms with E-state index in [0.29, 0.717) is 11.6 Å². The van der Waals surface area contributed by atoms with Gasteiger partial charge in [0, 0.05) is 11.8 Å². The number of carboxylic acid groups (broad SMARTS) is 1. The Bertz CT molecular complexity index is 566. The molecule has 7 nitrogen and oxygen atoms in total. The zero-order valence-corrected chi connectivity index (χ0v) is 10.3. The van der Waals surface area contributed by atoms with Gasteiger partial charge in [0.05, 0.1) is 0 Å². The van der Waals surface area contributed by atoms with Gasteiger partial charge in [-0.25, -0.2) is 4.98 Å². The number of carbonyl (C=O) groups is 1. The minimum Gasteiger partial charge on any atom is -0.480 e. The summed E-state index contributed by atoms with van der Waals surface area (Å²) in [7, 11) is 0. The Morgan fingerprint density at radius 1 is 1.61 bits per heavy atom. The average molecular weight is 249 g/mol. The molecular formula is C11H15N5O2. The molecule has 18 heavy (non-hydrogen) atoms. The monoisotopic (exact) mass is 249 g/mol. The Balaban J connectivity index is 2.40. The smallest absolute Gasteiger partial charge is 0.325 e. The minimum absolute atomic E-state index is 0.473. The Hall–Kier alpha value is -2.18. The fraction of sp³-hybridized carbons (Fsp3) is 0.455.